The highest BCUT2D eigenvalue weighted by molar-refractivity contribution is 6.04. The Morgan fingerprint density at radius 3 is 2.71 bits per heavy atom. The van der Waals surface area contributed by atoms with Crippen LogP contribution in [0.1, 0.15) is 42.5 Å². The molecule has 1 saturated carbocycles. The minimum atomic E-state index is 0.0793. The van der Waals surface area contributed by atoms with Gasteiger partial charge in [-0.15, -0.1) is 0 Å². The van der Waals surface area contributed by atoms with Crippen LogP contribution in [0.2, 0.25) is 0 Å². The van der Waals surface area contributed by atoms with Crippen molar-refractivity contribution in [1.29, 1.82) is 0 Å². The van der Waals surface area contributed by atoms with Gasteiger partial charge in [0.15, 0.2) is 5.78 Å². The lowest BCUT2D eigenvalue weighted by Gasteiger charge is -2.12. The van der Waals surface area contributed by atoms with Crippen LogP contribution in [0.15, 0.2) is 34.7 Å². The average Bonchev–Trinajstić information content (AvgIpc) is 2.72. The van der Waals surface area contributed by atoms with E-state index in [2.05, 4.69) is 0 Å². The van der Waals surface area contributed by atoms with Crippen molar-refractivity contribution >= 4 is 5.78 Å². The number of furan rings is 1. The van der Waals surface area contributed by atoms with Gasteiger partial charge in [0.2, 0.25) is 0 Å². The molecule has 2 heteroatoms. The second-order valence-electron chi connectivity index (χ2n) is 3.74. The summed E-state index contributed by atoms with van der Waals surface area (Å²) in [5, 5.41) is 0. The third kappa shape index (κ3) is 2.13. The molecule has 1 fully saturated rings. The maximum absolute atomic E-state index is 11.6. The van der Waals surface area contributed by atoms with Crippen molar-refractivity contribution in [2.75, 3.05) is 0 Å². The Kier molecular flexibility index (Phi) is 2.82. The molecule has 1 aromatic rings. The fourth-order valence-corrected chi connectivity index (χ4v) is 1.82. The molecular formula is C12H14O2. The third-order valence-electron chi connectivity index (χ3n) is 2.64. The molecule has 0 bridgehead atoms. The molecule has 0 unspecified atom stereocenters. The van der Waals surface area contributed by atoms with Crippen LogP contribution in [0.3, 0.4) is 0 Å². The molecule has 0 spiro atoms. The Morgan fingerprint density at radius 1 is 1.29 bits per heavy atom. The molecule has 14 heavy (non-hydrogen) atoms. The number of carbonyl (C=O) groups excluding carboxylic acids is 1. The quantitative estimate of drug-likeness (QED) is 0.528. The molecule has 2 nitrogen and oxygen atoms in total. The van der Waals surface area contributed by atoms with Crippen LogP contribution in [-0.2, 0) is 0 Å². The highest BCUT2D eigenvalue weighted by Crippen LogP contribution is 2.23. The van der Waals surface area contributed by atoms with Gasteiger partial charge in [-0.25, -0.2) is 0 Å². The summed E-state index contributed by atoms with van der Waals surface area (Å²) in [6.45, 7) is 0. The molecule has 0 aromatic carbocycles. The van der Waals surface area contributed by atoms with Crippen molar-refractivity contribution in [1.82, 2.24) is 0 Å². The molecule has 74 valence electrons. The molecule has 1 aliphatic rings. The van der Waals surface area contributed by atoms with Gasteiger partial charge in [0, 0.05) is 0 Å². The second kappa shape index (κ2) is 4.27. The van der Waals surface area contributed by atoms with Crippen LogP contribution in [0.5, 0.6) is 0 Å². The van der Waals surface area contributed by atoms with Crippen molar-refractivity contribution in [2.45, 2.75) is 32.1 Å². The van der Waals surface area contributed by atoms with E-state index in [4.69, 9.17) is 4.42 Å². The highest BCUT2D eigenvalue weighted by atomic mass is 16.3. The summed E-state index contributed by atoms with van der Waals surface area (Å²) in [6, 6.07) is 1.71. The molecular weight excluding hydrogens is 176 g/mol. The van der Waals surface area contributed by atoms with E-state index in [0.717, 1.165) is 12.8 Å². The first-order valence-electron chi connectivity index (χ1n) is 5.12. The predicted molar refractivity (Wildman–Crippen MR) is 54.2 cm³/mol. The van der Waals surface area contributed by atoms with Crippen LogP contribution in [0, 0.1) is 0 Å². The third-order valence-corrected chi connectivity index (χ3v) is 2.64. The second-order valence-corrected chi connectivity index (χ2v) is 3.74. The van der Waals surface area contributed by atoms with Gasteiger partial charge in [0.25, 0.3) is 0 Å². The molecule has 2 rings (SSSR count). The summed E-state index contributed by atoms with van der Waals surface area (Å²) in [6.07, 6.45) is 10.7. The van der Waals surface area contributed by atoms with E-state index >= 15 is 0 Å². The fraction of sp³-hybridized carbons (Fsp3) is 0.417. The Hall–Kier alpha value is -1.31. The molecule has 0 amide bonds. The summed E-state index contributed by atoms with van der Waals surface area (Å²) in [5.74, 6) is 0.0793. The van der Waals surface area contributed by atoms with E-state index in [1.807, 2.05) is 0 Å². The lowest BCUT2D eigenvalue weighted by Crippen LogP contribution is -1.99. The maximum atomic E-state index is 11.6. The van der Waals surface area contributed by atoms with Crippen LogP contribution in [-0.4, -0.2) is 5.78 Å². The SMILES string of the molecule is O=C(C=C1CCCCC1)c1ccoc1. The van der Waals surface area contributed by atoms with Crippen molar-refractivity contribution < 1.29 is 9.21 Å². The first-order valence-corrected chi connectivity index (χ1v) is 5.12. The summed E-state index contributed by atoms with van der Waals surface area (Å²) in [4.78, 5) is 11.6. The van der Waals surface area contributed by atoms with Gasteiger partial charge in [-0.1, -0.05) is 12.0 Å². The van der Waals surface area contributed by atoms with Crippen molar-refractivity contribution in [3.63, 3.8) is 0 Å². The van der Waals surface area contributed by atoms with Gasteiger partial charge in [-0.2, -0.15) is 0 Å². The van der Waals surface area contributed by atoms with Gasteiger partial charge in [-0.3, -0.25) is 4.79 Å². The van der Waals surface area contributed by atoms with E-state index in [-0.39, 0.29) is 5.78 Å². The number of rotatable bonds is 2. The minimum Gasteiger partial charge on any atom is -0.472 e. The zero-order valence-corrected chi connectivity index (χ0v) is 8.16. The number of carbonyl (C=O) groups is 1. The zero-order valence-electron chi connectivity index (χ0n) is 8.16. The maximum Gasteiger partial charge on any atom is 0.189 e. The van der Waals surface area contributed by atoms with E-state index in [1.165, 1.54) is 37.4 Å². The summed E-state index contributed by atoms with van der Waals surface area (Å²) in [5.41, 5.74) is 1.95. The number of ketones is 1. The molecule has 0 atom stereocenters. The lowest BCUT2D eigenvalue weighted by atomic mass is 9.93. The van der Waals surface area contributed by atoms with Crippen molar-refractivity contribution in [3.05, 3.63) is 35.8 Å². The van der Waals surface area contributed by atoms with Gasteiger partial charge in [0.1, 0.15) is 6.26 Å². The Labute approximate surface area is 83.6 Å². The largest absolute Gasteiger partial charge is 0.472 e. The Bertz CT molecular complexity index is 325. The molecule has 0 N–H and O–H groups in total. The van der Waals surface area contributed by atoms with E-state index in [1.54, 1.807) is 12.1 Å². The van der Waals surface area contributed by atoms with Gasteiger partial charge >= 0.3 is 0 Å². The van der Waals surface area contributed by atoms with Crippen LogP contribution >= 0.6 is 0 Å². The zero-order chi connectivity index (χ0) is 9.80. The normalized spacial score (nSPS) is 16.7. The fourth-order valence-electron chi connectivity index (χ4n) is 1.82. The molecule has 1 heterocycles. The average molecular weight is 190 g/mol. The summed E-state index contributed by atoms with van der Waals surface area (Å²) in [7, 11) is 0. The monoisotopic (exact) mass is 190 g/mol. The molecule has 1 aliphatic carbocycles. The Balaban J connectivity index is 2.05. The standard InChI is InChI=1S/C12H14O2/c13-12(11-6-7-14-9-11)8-10-4-2-1-3-5-10/h6-9H,1-5H2. The van der Waals surface area contributed by atoms with Gasteiger partial charge in [0.05, 0.1) is 11.8 Å². The summed E-state index contributed by atoms with van der Waals surface area (Å²) < 4.78 is 4.87. The smallest absolute Gasteiger partial charge is 0.189 e. The molecule has 1 aromatic heterocycles. The first-order chi connectivity index (χ1) is 6.86. The van der Waals surface area contributed by atoms with Crippen molar-refractivity contribution in [3.8, 4) is 0 Å². The highest BCUT2D eigenvalue weighted by Gasteiger charge is 2.09. The van der Waals surface area contributed by atoms with Crippen LogP contribution < -0.4 is 0 Å². The number of hydrogen-bond acceptors (Lipinski definition) is 2. The topological polar surface area (TPSA) is 30.2 Å². The molecule has 0 radical (unpaired) electrons. The van der Waals surface area contributed by atoms with E-state index in [0.29, 0.717) is 5.56 Å². The minimum absolute atomic E-state index is 0.0793. The number of allylic oxidation sites excluding steroid dienone is 2. The molecule has 0 saturated heterocycles. The van der Waals surface area contributed by atoms with Crippen molar-refractivity contribution in [2.24, 2.45) is 0 Å². The van der Waals surface area contributed by atoms with Gasteiger partial charge < -0.3 is 4.42 Å². The van der Waals surface area contributed by atoms with E-state index < -0.39 is 0 Å². The first kappa shape index (κ1) is 9.25. The summed E-state index contributed by atoms with van der Waals surface area (Å²) >= 11 is 0. The van der Waals surface area contributed by atoms with Crippen LogP contribution in [0.4, 0.5) is 0 Å². The molecule has 0 aliphatic heterocycles. The Morgan fingerprint density at radius 2 is 2.07 bits per heavy atom. The van der Waals surface area contributed by atoms with Crippen LogP contribution in [0.25, 0.3) is 0 Å². The predicted octanol–water partition coefficient (Wildman–Crippen LogP) is 3.35. The number of hydrogen-bond donors (Lipinski definition) is 0. The van der Waals surface area contributed by atoms with E-state index in [9.17, 15) is 4.79 Å². The van der Waals surface area contributed by atoms with Gasteiger partial charge in [-0.05, 0) is 37.8 Å². The lowest BCUT2D eigenvalue weighted by molar-refractivity contribution is 0.104.